The monoisotopic (exact) mass is 420 g/mol. The molecule has 2 heterocycles. The third-order valence-corrected chi connectivity index (χ3v) is 5.86. The Hall–Kier alpha value is -2.87. The minimum absolute atomic E-state index is 0.0141. The number of fused-ring (bicyclic) bond motifs is 2. The highest BCUT2D eigenvalue weighted by atomic mass is 19.2. The average molecular weight is 420 g/mol. The van der Waals surface area contributed by atoms with Crippen molar-refractivity contribution < 1.29 is 27.1 Å². The minimum Gasteiger partial charge on any atom is -0.493 e. The van der Waals surface area contributed by atoms with Crippen LogP contribution in [0.5, 0.6) is 5.75 Å². The number of hydrogen-bond donors (Lipinski definition) is 1. The van der Waals surface area contributed by atoms with Gasteiger partial charge in [0.2, 0.25) is 5.91 Å². The standard InChI is InChI=1S/C22H20F4N2O2/c1-12(29)28-10-13(16-6-15(23)2-3-18(16)24)9-22(28)14(4-5-27)11-30-21-8-20(26)19(25)7-17(21)22/h2-3,6-9,14H,4-5,10-11,27H2,1H3. The first-order valence-electron chi connectivity index (χ1n) is 9.55. The maximum atomic E-state index is 14.5. The molecule has 0 aliphatic carbocycles. The Kier molecular flexibility index (Phi) is 5.05. The number of carbonyl (C=O) groups is 1. The summed E-state index contributed by atoms with van der Waals surface area (Å²) in [6.45, 7) is 1.69. The van der Waals surface area contributed by atoms with E-state index < -0.39 is 34.7 Å². The van der Waals surface area contributed by atoms with Crippen molar-refractivity contribution in [3.8, 4) is 5.75 Å². The Balaban J connectivity index is 1.99. The van der Waals surface area contributed by atoms with Crippen molar-refractivity contribution in [1.82, 2.24) is 4.90 Å². The molecule has 0 aromatic heterocycles. The fourth-order valence-electron chi connectivity index (χ4n) is 4.53. The molecule has 2 aromatic carbocycles. The fourth-order valence-corrected chi connectivity index (χ4v) is 4.53. The van der Waals surface area contributed by atoms with E-state index in [1.165, 1.54) is 11.8 Å². The number of halogens is 4. The lowest BCUT2D eigenvalue weighted by atomic mass is 9.73. The molecule has 0 fully saturated rings. The zero-order valence-electron chi connectivity index (χ0n) is 16.2. The maximum Gasteiger partial charge on any atom is 0.220 e. The van der Waals surface area contributed by atoms with Gasteiger partial charge in [-0.25, -0.2) is 17.6 Å². The largest absolute Gasteiger partial charge is 0.493 e. The predicted molar refractivity (Wildman–Crippen MR) is 102 cm³/mol. The van der Waals surface area contributed by atoms with E-state index in [9.17, 15) is 22.4 Å². The summed E-state index contributed by atoms with van der Waals surface area (Å²) in [6.07, 6.45) is 2.06. The van der Waals surface area contributed by atoms with Crippen LogP contribution in [0.1, 0.15) is 24.5 Å². The first-order chi connectivity index (χ1) is 14.3. The van der Waals surface area contributed by atoms with Crippen molar-refractivity contribution in [3.63, 3.8) is 0 Å². The summed E-state index contributed by atoms with van der Waals surface area (Å²) < 4.78 is 62.1. The number of amides is 1. The van der Waals surface area contributed by atoms with E-state index in [1.807, 2.05) is 0 Å². The van der Waals surface area contributed by atoms with Gasteiger partial charge in [-0.1, -0.05) is 0 Å². The molecule has 0 saturated carbocycles. The molecule has 0 bridgehead atoms. The Bertz CT molecular complexity index is 1060. The van der Waals surface area contributed by atoms with Gasteiger partial charge in [-0.05, 0) is 48.9 Å². The van der Waals surface area contributed by atoms with Crippen LogP contribution in [0, 0.1) is 29.2 Å². The maximum absolute atomic E-state index is 14.5. The van der Waals surface area contributed by atoms with Gasteiger partial charge in [0.05, 0.1) is 12.1 Å². The molecule has 2 aliphatic rings. The molecule has 2 unspecified atom stereocenters. The quantitative estimate of drug-likeness (QED) is 0.770. The molecule has 8 heteroatoms. The molecule has 0 saturated heterocycles. The van der Waals surface area contributed by atoms with Gasteiger partial charge >= 0.3 is 0 Å². The summed E-state index contributed by atoms with van der Waals surface area (Å²) >= 11 is 0. The first kappa shape index (κ1) is 20.4. The molecule has 1 spiro atoms. The average Bonchev–Trinajstić information content (AvgIpc) is 3.09. The van der Waals surface area contributed by atoms with Crippen molar-refractivity contribution in [1.29, 1.82) is 0 Å². The van der Waals surface area contributed by atoms with Gasteiger partial charge in [-0.15, -0.1) is 0 Å². The zero-order valence-corrected chi connectivity index (χ0v) is 16.2. The van der Waals surface area contributed by atoms with E-state index in [0.717, 1.165) is 30.3 Å². The van der Waals surface area contributed by atoms with E-state index in [2.05, 4.69) is 0 Å². The SMILES string of the molecule is CC(=O)N1CC(c2cc(F)ccc2F)=CC12c1cc(F)c(F)cc1OCC2CCN. The lowest BCUT2D eigenvalue weighted by molar-refractivity contribution is -0.135. The van der Waals surface area contributed by atoms with E-state index >= 15 is 0 Å². The van der Waals surface area contributed by atoms with Crippen molar-refractivity contribution in [2.75, 3.05) is 19.7 Å². The molecule has 2 aliphatic heterocycles. The van der Waals surface area contributed by atoms with Gasteiger partial charge in [-0.3, -0.25) is 4.79 Å². The second-order valence-electron chi connectivity index (χ2n) is 7.57. The van der Waals surface area contributed by atoms with Crippen LogP contribution in [0.3, 0.4) is 0 Å². The van der Waals surface area contributed by atoms with Crippen LogP contribution >= 0.6 is 0 Å². The third-order valence-electron chi connectivity index (χ3n) is 5.86. The summed E-state index contributed by atoms with van der Waals surface area (Å²) in [5.41, 5.74) is 5.20. The predicted octanol–water partition coefficient (Wildman–Crippen LogP) is 3.74. The number of carbonyl (C=O) groups excluding carboxylic acids is 1. The van der Waals surface area contributed by atoms with Crippen molar-refractivity contribution >= 4 is 11.5 Å². The second kappa shape index (κ2) is 7.43. The zero-order chi connectivity index (χ0) is 21.6. The number of benzene rings is 2. The number of hydrogen-bond acceptors (Lipinski definition) is 3. The molecule has 2 N–H and O–H groups in total. The van der Waals surface area contributed by atoms with Crippen LogP contribution < -0.4 is 10.5 Å². The van der Waals surface area contributed by atoms with E-state index in [4.69, 9.17) is 10.5 Å². The fraction of sp³-hybridized carbons (Fsp3) is 0.318. The van der Waals surface area contributed by atoms with Crippen LogP contribution in [0.15, 0.2) is 36.4 Å². The van der Waals surface area contributed by atoms with Crippen molar-refractivity contribution in [2.45, 2.75) is 18.9 Å². The van der Waals surface area contributed by atoms with Gasteiger partial charge < -0.3 is 15.4 Å². The number of rotatable bonds is 3. The lowest BCUT2D eigenvalue weighted by Gasteiger charge is -2.47. The van der Waals surface area contributed by atoms with Crippen LogP contribution in [-0.2, 0) is 10.3 Å². The van der Waals surface area contributed by atoms with E-state index in [0.29, 0.717) is 12.0 Å². The highest BCUT2D eigenvalue weighted by molar-refractivity contribution is 5.83. The Morgan fingerprint density at radius 3 is 2.60 bits per heavy atom. The molecule has 4 rings (SSSR count). The topological polar surface area (TPSA) is 55.6 Å². The summed E-state index contributed by atoms with van der Waals surface area (Å²) in [6, 6.07) is 5.02. The van der Waals surface area contributed by atoms with E-state index in [-0.39, 0.29) is 42.5 Å². The number of nitrogens with two attached hydrogens (primary N) is 1. The van der Waals surface area contributed by atoms with Gasteiger partial charge in [0, 0.05) is 36.6 Å². The Labute approximate surface area is 170 Å². The summed E-state index contributed by atoms with van der Waals surface area (Å²) in [5, 5.41) is 0. The van der Waals surface area contributed by atoms with Crippen LogP contribution in [0.2, 0.25) is 0 Å². The molecule has 2 atom stereocenters. The molecule has 4 nitrogen and oxygen atoms in total. The molecule has 0 radical (unpaired) electrons. The van der Waals surface area contributed by atoms with Crippen molar-refractivity contribution in [2.24, 2.45) is 11.7 Å². The second-order valence-corrected chi connectivity index (χ2v) is 7.57. The van der Waals surface area contributed by atoms with Gasteiger partial charge in [0.25, 0.3) is 0 Å². The Morgan fingerprint density at radius 2 is 1.90 bits per heavy atom. The summed E-state index contributed by atoms with van der Waals surface area (Å²) in [5.74, 6) is -4.07. The highest BCUT2D eigenvalue weighted by Crippen LogP contribution is 2.52. The van der Waals surface area contributed by atoms with E-state index in [1.54, 1.807) is 6.08 Å². The highest BCUT2D eigenvalue weighted by Gasteiger charge is 2.53. The Morgan fingerprint density at radius 1 is 1.17 bits per heavy atom. The normalized spacial score (nSPS) is 22.7. The van der Waals surface area contributed by atoms with Crippen molar-refractivity contribution in [3.05, 3.63) is 70.8 Å². The van der Waals surface area contributed by atoms with Crippen LogP contribution in [0.4, 0.5) is 17.6 Å². The summed E-state index contributed by atoms with van der Waals surface area (Å²) in [7, 11) is 0. The number of ether oxygens (including phenoxy) is 1. The molecule has 30 heavy (non-hydrogen) atoms. The van der Waals surface area contributed by atoms with Crippen LogP contribution in [0.25, 0.3) is 5.57 Å². The van der Waals surface area contributed by atoms with Gasteiger partial charge in [-0.2, -0.15) is 0 Å². The smallest absolute Gasteiger partial charge is 0.220 e. The minimum atomic E-state index is -1.22. The van der Waals surface area contributed by atoms with Gasteiger partial charge in [0.15, 0.2) is 11.6 Å². The molecular weight excluding hydrogens is 400 g/mol. The molecule has 2 aromatic rings. The lowest BCUT2D eigenvalue weighted by Crippen LogP contribution is -2.53. The molecular formula is C22H20F4N2O2. The number of nitrogens with zero attached hydrogens (tertiary/aromatic N) is 1. The molecule has 1 amide bonds. The van der Waals surface area contributed by atoms with Gasteiger partial charge in [0.1, 0.15) is 17.4 Å². The van der Waals surface area contributed by atoms with Crippen LogP contribution in [-0.4, -0.2) is 30.5 Å². The molecule has 158 valence electrons. The summed E-state index contributed by atoms with van der Waals surface area (Å²) in [4.78, 5) is 14.1. The third kappa shape index (κ3) is 3.06. The first-order valence-corrected chi connectivity index (χ1v) is 9.55.